The summed E-state index contributed by atoms with van der Waals surface area (Å²) in [6, 6.07) is 26.6. The lowest BCUT2D eigenvalue weighted by Gasteiger charge is -2.59. The number of rotatable bonds is 5. The molecule has 4 amide bonds. The molecular weight excluding hydrogens is 492 g/mol. The monoisotopic (exact) mass is 520 g/mol. The number of hydrogen-bond acceptors (Lipinski definition) is 6. The highest BCUT2D eigenvalue weighted by molar-refractivity contribution is 6.23. The number of carbonyl (C=O) groups is 4. The first-order valence-corrected chi connectivity index (χ1v) is 13.5. The van der Waals surface area contributed by atoms with Crippen LogP contribution >= 0.6 is 0 Å². The molecule has 3 atom stereocenters. The zero-order valence-corrected chi connectivity index (χ0v) is 21.3. The van der Waals surface area contributed by atoms with Crippen molar-refractivity contribution in [2.45, 2.75) is 43.4 Å². The number of fused-ring (bicyclic) bond motifs is 3. The highest BCUT2D eigenvalue weighted by Gasteiger charge is 2.49. The van der Waals surface area contributed by atoms with Crippen LogP contribution in [-0.4, -0.2) is 64.6 Å². The van der Waals surface area contributed by atoms with Gasteiger partial charge in [0.05, 0.1) is 17.2 Å². The van der Waals surface area contributed by atoms with E-state index < -0.39 is 23.8 Å². The third-order valence-electron chi connectivity index (χ3n) is 8.57. The Labute approximate surface area is 226 Å². The molecule has 39 heavy (non-hydrogen) atoms. The minimum absolute atomic E-state index is 0.106. The zero-order valence-electron chi connectivity index (χ0n) is 21.3. The highest BCUT2D eigenvalue weighted by atomic mass is 16.2. The molecule has 1 N–H and O–H groups in total. The summed E-state index contributed by atoms with van der Waals surface area (Å²) in [5.41, 5.74) is 4.10. The van der Waals surface area contributed by atoms with Gasteiger partial charge in [0.2, 0.25) is 11.8 Å². The fourth-order valence-electron chi connectivity index (χ4n) is 6.73. The van der Waals surface area contributed by atoms with Crippen LogP contribution < -0.4 is 10.2 Å². The van der Waals surface area contributed by atoms with Crippen molar-refractivity contribution in [2.75, 3.05) is 18.0 Å². The van der Waals surface area contributed by atoms with Crippen LogP contribution in [-0.2, 0) is 9.59 Å². The van der Waals surface area contributed by atoms with Gasteiger partial charge in [0.25, 0.3) is 11.8 Å². The SMILES string of the molecule is O=C1CCC(N2C(=O)c3ccc(N4CC5CC(C4)N5C(c4ccccc4)c4ccccc4)cc3C2=O)C(=O)N1. The molecule has 5 aliphatic heterocycles. The molecule has 4 saturated heterocycles. The van der Waals surface area contributed by atoms with Crippen molar-refractivity contribution >= 4 is 29.3 Å². The molecule has 0 spiro atoms. The largest absolute Gasteiger partial charge is 0.368 e. The summed E-state index contributed by atoms with van der Waals surface area (Å²) >= 11 is 0. The molecule has 0 aromatic heterocycles. The van der Waals surface area contributed by atoms with Gasteiger partial charge in [-0.3, -0.25) is 34.3 Å². The zero-order chi connectivity index (χ0) is 26.7. The maximum atomic E-state index is 13.3. The molecule has 0 saturated carbocycles. The van der Waals surface area contributed by atoms with E-state index in [2.05, 4.69) is 63.6 Å². The van der Waals surface area contributed by atoms with Crippen LogP contribution in [0.25, 0.3) is 0 Å². The Balaban J connectivity index is 1.12. The number of piperazine rings is 1. The number of carbonyl (C=O) groups excluding carboxylic acids is 4. The molecule has 3 unspecified atom stereocenters. The maximum Gasteiger partial charge on any atom is 0.262 e. The molecule has 196 valence electrons. The first-order chi connectivity index (χ1) is 19.0. The van der Waals surface area contributed by atoms with Crippen LogP contribution in [0.1, 0.15) is 57.1 Å². The van der Waals surface area contributed by atoms with Crippen molar-refractivity contribution in [3.8, 4) is 0 Å². The number of nitrogens with zero attached hydrogens (tertiary/aromatic N) is 3. The van der Waals surface area contributed by atoms with Crippen molar-refractivity contribution in [2.24, 2.45) is 0 Å². The van der Waals surface area contributed by atoms with Crippen LogP contribution in [0.2, 0.25) is 0 Å². The Morgan fingerprint density at radius 2 is 1.36 bits per heavy atom. The van der Waals surface area contributed by atoms with Crippen LogP contribution in [0.15, 0.2) is 78.9 Å². The van der Waals surface area contributed by atoms with Crippen LogP contribution in [0.3, 0.4) is 0 Å². The number of amides is 4. The third kappa shape index (κ3) is 3.86. The molecule has 0 aliphatic carbocycles. The Hall–Kier alpha value is -4.30. The van der Waals surface area contributed by atoms with E-state index >= 15 is 0 Å². The Morgan fingerprint density at radius 3 is 1.97 bits per heavy atom. The molecule has 8 nitrogen and oxygen atoms in total. The van der Waals surface area contributed by atoms with Crippen LogP contribution in [0.5, 0.6) is 0 Å². The van der Waals surface area contributed by atoms with E-state index in [9.17, 15) is 19.2 Å². The minimum Gasteiger partial charge on any atom is -0.368 e. The lowest BCUT2D eigenvalue weighted by molar-refractivity contribution is -0.136. The lowest BCUT2D eigenvalue weighted by Crippen LogP contribution is -2.69. The molecule has 4 fully saturated rings. The minimum atomic E-state index is -0.956. The van der Waals surface area contributed by atoms with E-state index in [4.69, 9.17) is 0 Å². The Bertz CT molecular complexity index is 1440. The number of anilines is 1. The second-order valence-electron chi connectivity index (χ2n) is 10.8. The van der Waals surface area contributed by atoms with Gasteiger partial charge in [0.1, 0.15) is 6.04 Å². The molecule has 2 bridgehead atoms. The summed E-state index contributed by atoms with van der Waals surface area (Å²) in [7, 11) is 0. The van der Waals surface area contributed by atoms with Gasteiger partial charge in [0, 0.05) is 37.3 Å². The third-order valence-corrected chi connectivity index (χ3v) is 8.57. The van der Waals surface area contributed by atoms with Gasteiger partial charge < -0.3 is 4.90 Å². The van der Waals surface area contributed by atoms with Crippen molar-refractivity contribution in [1.29, 1.82) is 0 Å². The molecule has 5 heterocycles. The van der Waals surface area contributed by atoms with Gasteiger partial charge in [-0.25, -0.2) is 0 Å². The number of piperidine rings is 2. The smallest absolute Gasteiger partial charge is 0.262 e. The van der Waals surface area contributed by atoms with E-state index in [1.54, 1.807) is 12.1 Å². The van der Waals surface area contributed by atoms with Crippen LogP contribution in [0.4, 0.5) is 5.69 Å². The average molecular weight is 521 g/mol. The molecular formula is C31H28N4O4. The average Bonchev–Trinajstić information content (AvgIpc) is 3.21. The van der Waals surface area contributed by atoms with E-state index in [0.717, 1.165) is 30.1 Å². The van der Waals surface area contributed by atoms with Crippen molar-refractivity contribution in [3.05, 3.63) is 101 Å². The summed E-state index contributed by atoms with van der Waals surface area (Å²) in [6.07, 6.45) is 1.38. The van der Waals surface area contributed by atoms with E-state index in [1.807, 2.05) is 18.2 Å². The molecule has 5 aliphatic rings. The predicted octanol–water partition coefficient (Wildman–Crippen LogP) is 3.14. The summed E-state index contributed by atoms with van der Waals surface area (Å²) in [6.45, 7) is 1.65. The van der Waals surface area contributed by atoms with Crippen molar-refractivity contribution < 1.29 is 19.2 Å². The van der Waals surface area contributed by atoms with E-state index in [-0.39, 0.29) is 24.8 Å². The predicted molar refractivity (Wildman–Crippen MR) is 144 cm³/mol. The van der Waals surface area contributed by atoms with Gasteiger partial charge in [0.15, 0.2) is 0 Å². The number of nitrogens with one attached hydrogen (secondary N) is 1. The van der Waals surface area contributed by atoms with Gasteiger partial charge >= 0.3 is 0 Å². The second-order valence-corrected chi connectivity index (χ2v) is 10.8. The fraction of sp³-hybridized carbons (Fsp3) is 0.290. The van der Waals surface area contributed by atoms with Gasteiger partial charge in [-0.1, -0.05) is 60.7 Å². The molecule has 0 radical (unpaired) electrons. The van der Waals surface area contributed by atoms with Gasteiger partial charge in [-0.2, -0.15) is 0 Å². The van der Waals surface area contributed by atoms with E-state index in [1.165, 1.54) is 11.1 Å². The standard InChI is InChI=1S/C31H28N4O4/c36-27-14-13-26(29(37)32-27)35-30(38)24-12-11-21(16-25(24)31(35)39)33-17-22-15-23(18-33)34(22)28(19-7-3-1-4-8-19)20-9-5-2-6-10-20/h1-12,16,22-23,26,28H,13-15,17-18H2,(H,32,36,37). The summed E-state index contributed by atoms with van der Waals surface area (Å²) in [5.74, 6) is -1.92. The Kier molecular flexibility index (Phi) is 5.59. The summed E-state index contributed by atoms with van der Waals surface area (Å²) < 4.78 is 0. The number of hydrogen-bond donors (Lipinski definition) is 1. The second kappa shape index (κ2) is 9.17. The number of imide groups is 2. The van der Waals surface area contributed by atoms with Crippen molar-refractivity contribution in [1.82, 2.24) is 15.1 Å². The lowest BCUT2D eigenvalue weighted by atomic mass is 9.81. The highest BCUT2D eigenvalue weighted by Crippen LogP contribution is 2.44. The topological polar surface area (TPSA) is 90.0 Å². The normalized spacial score (nSPS) is 24.6. The van der Waals surface area contributed by atoms with Gasteiger partial charge in [-0.15, -0.1) is 0 Å². The van der Waals surface area contributed by atoms with E-state index in [0.29, 0.717) is 23.2 Å². The summed E-state index contributed by atoms with van der Waals surface area (Å²) in [5, 5.41) is 2.25. The Morgan fingerprint density at radius 1 is 0.744 bits per heavy atom. The number of benzene rings is 3. The van der Waals surface area contributed by atoms with Crippen LogP contribution in [0, 0.1) is 0 Å². The summed E-state index contributed by atoms with van der Waals surface area (Å²) in [4.78, 5) is 56.3. The quantitative estimate of drug-likeness (QED) is 0.520. The maximum absolute atomic E-state index is 13.3. The first-order valence-electron chi connectivity index (χ1n) is 13.5. The molecule has 8 heteroatoms. The molecule has 3 aromatic rings. The fourth-order valence-corrected chi connectivity index (χ4v) is 6.73. The molecule has 3 aromatic carbocycles. The van der Waals surface area contributed by atoms with Gasteiger partial charge in [-0.05, 0) is 42.2 Å². The first kappa shape index (κ1) is 23.8. The van der Waals surface area contributed by atoms with Crippen molar-refractivity contribution in [3.63, 3.8) is 0 Å². The molecule has 8 rings (SSSR count).